The third-order valence-corrected chi connectivity index (χ3v) is 3.10. The lowest BCUT2D eigenvalue weighted by Gasteiger charge is -2.01. The molecule has 3 rings (SSSR count). The van der Waals surface area contributed by atoms with E-state index in [1.165, 1.54) is 16.7 Å². The summed E-state index contributed by atoms with van der Waals surface area (Å²) in [5.74, 6) is 0.846. The van der Waals surface area contributed by atoms with Crippen molar-refractivity contribution in [3.63, 3.8) is 0 Å². The van der Waals surface area contributed by atoms with Gasteiger partial charge in [0.25, 0.3) is 0 Å². The molecule has 0 amide bonds. The van der Waals surface area contributed by atoms with Gasteiger partial charge in [-0.2, -0.15) is 5.10 Å². The van der Waals surface area contributed by atoms with E-state index in [9.17, 15) is 0 Å². The van der Waals surface area contributed by atoms with Crippen molar-refractivity contribution >= 4 is 0 Å². The summed E-state index contributed by atoms with van der Waals surface area (Å²) in [7, 11) is 0. The summed E-state index contributed by atoms with van der Waals surface area (Å²) in [6, 6.07) is 12.4. The highest BCUT2D eigenvalue weighted by Crippen LogP contribution is 2.20. The number of pyridine rings is 1. The van der Waals surface area contributed by atoms with Crippen LogP contribution in [-0.4, -0.2) is 14.8 Å². The lowest BCUT2D eigenvalue weighted by molar-refractivity contribution is 0.845. The topological polar surface area (TPSA) is 30.7 Å². The number of nitrogens with zero attached hydrogens (tertiary/aromatic N) is 3. The average molecular weight is 249 g/mol. The Hall–Kier alpha value is -2.42. The van der Waals surface area contributed by atoms with Gasteiger partial charge in [-0.25, -0.2) is 9.67 Å². The predicted molar refractivity (Wildman–Crippen MR) is 76.3 cm³/mol. The Morgan fingerprint density at radius 3 is 2.42 bits per heavy atom. The quantitative estimate of drug-likeness (QED) is 0.695. The van der Waals surface area contributed by atoms with Gasteiger partial charge in [-0.05, 0) is 37.1 Å². The van der Waals surface area contributed by atoms with Crippen LogP contribution in [-0.2, 0) is 0 Å². The van der Waals surface area contributed by atoms with Crippen LogP contribution in [0.3, 0.4) is 0 Å². The van der Waals surface area contributed by atoms with Crippen molar-refractivity contribution < 1.29 is 0 Å². The summed E-state index contributed by atoms with van der Waals surface area (Å²) in [6.45, 7) is 4.14. The number of hydrogen-bond donors (Lipinski definition) is 0. The van der Waals surface area contributed by atoms with Gasteiger partial charge in [0.05, 0.1) is 6.20 Å². The predicted octanol–water partition coefficient (Wildman–Crippen LogP) is 3.55. The van der Waals surface area contributed by atoms with Crippen molar-refractivity contribution in [3.8, 4) is 16.9 Å². The van der Waals surface area contributed by atoms with Gasteiger partial charge in [-0.3, -0.25) is 0 Å². The number of aromatic nitrogens is 3. The largest absolute Gasteiger partial charge is 0.237 e. The smallest absolute Gasteiger partial charge is 0.153 e. The van der Waals surface area contributed by atoms with Gasteiger partial charge in [0.1, 0.15) is 0 Å². The van der Waals surface area contributed by atoms with E-state index in [-0.39, 0.29) is 0 Å². The maximum absolute atomic E-state index is 4.38. The second kappa shape index (κ2) is 4.69. The molecule has 3 aromatic rings. The molecular formula is C16H15N3. The van der Waals surface area contributed by atoms with Gasteiger partial charge in [-0.1, -0.05) is 29.8 Å². The van der Waals surface area contributed by atoms with Crippen molar-refractivity contribution in [1.29, 1.82) is 0 Å². The number of aryl methyl sites for hydroxylation is 2. The van der Waals surface area contributed by atoms with Gasteiger partial charge in [0, 0.05) is 18.0 Å². The van der Waals surface area contributed by atoms with Gasteiger partial charge in [0.2, 0.25) is 0 Å². The molecule has 94 valence electrons. The number of rotatable bonds is 2. The van der Waals surface area contributed by atoms with Crippen LogP contribution in [0.2, 0.25) is 0 Å². The second-order valence-electron chi connectivity index (χ2n) is 4.73. The van der Waals surface area contributed by atoms with E-state index in [2.05, 4.69) is 48.2 Å². The fraction of sp³-hybridized carbons (Fsp3) is 0.125. The van der Waals surface area contributed by atoms with E-state index in [0.717, 1.165) is 11.4 Å². The molecule has 3 nitrogen and oxygen atoms in total. The molecule has 0 spiro atoms. The Morgan fingerprint density at radius 2 is 1.68 bits per heavy atom. The van der Waals surface area contributed by atoms with Crippen LogP contribution in [0.25, 0.3) is 16.9 Å². The third kappa shape index (κ3) is 2.40. The zero-order valence-corrected chi connectivity index (χ0v) is 11.0. The van der Waals surface area contributed by atoms with E-state index >= 15 is 0 Å². The minimum atomic E-state index is 0.846. The molecule has 3 heteroatoms. The van der Waals surface area contributed by atoms with E-state index in [1.54, 1.807) is 6.20 Å². The third-order valence-electron chi connectivity index (χ3n) is 3.10. The molecule has 0 bridgehead atoms. The molecule has 19 heavy (non-hydrogen) atoms. The van der Waals surface area contributed by atoms with Crippen LogP contribution in [0.4, 0.5) is 0 Å². The fourth-order valence-electron chi connectivity index (χ4n) is 1.99. The Morgan fingerprint density at radius 1 is 0.895 bits per heavy atom. The van der Waals surface area contributed by atoms with Crippen LogP contribution in [0.15, 0.2) is 55.0 Å². The van der Waals surface area contributed by atoms with Crippen molar-refractivity contribution in [2.45, 2.75) is 13.8 Å². The molecule has 0 aliphatic rings. The molecule has 0 atom stereocenters. The summed E-state index contributed by atoms with van der Waals surface area (Å²) in [6.07, 6.45) is 5.68. The first-order valence-corrected chi connectivity index (χ1v) is 6.27. The van der Waals surface area contributed by atoms with Crippen LogP contribution < -0.4 is 0 Å². The van der Waals surface area contributed by atoms with Crippen molar-refractivity contribution in [2.24, 2.45) is 0 Å². The van der Waals surface area contributed by atoms with Gasteiger partial charge < -0.3 is 0 Å². The Balaban J connectivity index is 1.97. The van der Waals surface area contributed by atoms with Crippen molar-refractivity contribution in [3.05, 3.63) is 66.1 Å². The summed E-state index contributed by atoms with van der Waals surface area (Å²) >= 11 is 0. The molecule has 0 unspecified atom stereocenters. The van der Waals surface area contributed by atoms with Crippen LogP contribution in [0, 0.1) is 13.8 Å². The maximum atomic E-state index is 4.38. The molecule has 0 saturated heterocycles. The normalized spacial score (nSPS) is 10.6. The molecule has 0 aliphatic carbocycles. The Kier molecular flexibility index (Phi) is 2.88. The van der Waals surface area contributed by atoms with Crippen LogP contribution >= 0.6 is 0 Å². The SMILES string of the molecule is Cc1ccc(-c2cnn(-c3cc(C)ccn3)c2)cc1. The first-order valence-electron chi connectivity index (χ1n) is 6.27. The summed E-state index contributed by atoms with van der Waals surface area (Å²) < 4.78 is 1.81. The molecule has 0 saturated carbocycles. The molecule has 1 aromatic carbocycles. The van der Waals surface area contributed by atoms with Crippen LogP contribution in [0.5, 0.6) is 0 Å². The molecule has 2 aromatic heterocycles. The molecule has 2 heterocycles. The molecule has 0 N–H and O–H groups in total. The minimum Gasteiger partial charge on any atom is -0.237 e. The fourth-order valence-corrected chi connectivity index (χ4v) is 1.99. The van der Waals surface area contributed by atoms with Crippen molar-refractivity contribution in [1.82, 2.24) is 14.8 Å². The van der Waals surface area contributed by atoms with Gasteiger partial charge in [0.15, 0.2) is 5.82 Å². The Bertz CT molecular complexity index is 696. The Labute approximate surface area is 112 Å². The standard InChI is InChI=1S/C16H15N3/c1-12-3-5-14(6-4-12)15-10-18-19(11-15)16-9-13(2)7-8-17-16/h3-11H,1-2H3. The van der Waals surface area contributed by atoms with E-state index < -0.39 is 0 Å². The van der Waals surface area contributed by atoms with Gasteiger partial charge in [-0.15, -0.1) is 0 Å². The average Bonchev–Trinajstić information content (AvgIpc) is 2.89. The van der Waals surface area contributed by atoms with Crippen LogP contribution in [0.1, 0.15) is 11.1 Å². The summed E-state index contributed by atoms with van der Waals surface area (Å²) in [5, 5.41) is 4.38. The summed E-state index contributed by atoms with van der Waals surface area (Å²) in [5.41, 5.74) is 4.71. The molecule has 0 aliphatic heterocycles. The highest BCUT2D eigenvalue weighted by atomic mass is 15.3. The van der Waals surface area contributed by atoms with E-state index in [1.807, 2.05) is 29.2 Å². The zero-order valence-electron chi connectivity index (χ0n) is 11.0. The highest BCUT2D eigenvalue weighted by Gasteiger charge is 2.04. The molecule has 0 fully saturated rings. The lowest BCUT2D eigenvalue weighted by Crippen LogP contribution is -1.97. The summed E-state index contributed by atoms with van der Waals surface area (Å²) in [4.78, 5) is 4.33. The monoisotopic (exact) mass is 249 g/mol. The first-order chi connectivity index (χ1) is 9.22. The minimum absolute atomic E-state index is 0.846. The van der Waals surface area contributed by atoms with E-state index in [0.29, 0.717) is 0 Å². The van der Waals surface area contributed by atoms with Gasteiger partial charge >= 0.3 is 0 Å². The molecular weight excluding hydrogens is 234 g/mol. The van der Waals surface area contributed by atoms with E-state index in [4.69, 9.17) is 0 Å². The number of hydrogen-bond acceptors (Lipinski definition) is 2. The first kappa shape index (κ1) is 11.7. The van der Waals surface area contributed by atoms with Crippen molar-refractivity contribution in [2.75, 3.05) is 0 Å². The highest BCUT2D eigenvalue weighted by molar-refractivity contribution is 5.62. The maximum Gasteiger partial charge on any atom is 0.153 e. The molecule has 0 radical (unpaired) electrons. The zero-order chi connectivity index (χ0) is 13.2. The second-order valence-corrected chi connectivity index (χ2v) is 4.73. The number of benzene rings is 1. The lowest BCUT2D eigenvalue weighted by atomic mass is 10.1.